The van der Waals surface area contributed by atoms with E-state index >= 15 is 0 Å². The van der Waals surface area contributed by atoms with Crippen LogP contribution in [0, 0.1) is 13.8 Å². The van der Waals surface area contributed by atoms with Crippen molar-refractivity contribution in [3.8, 4) is 0 Å². The number of nitrogens with zero attached hydrogens (tertiary/aromatic N) is 1. The van der Waals surface area contributed by atoms with Crippen LogP contribution < -0.4 is 0 Å². The van der Waals surface area contributed by atoms with Gasteiger partial charge in [0.05, 0.1) is 19.4 Å². The lowest BCUT2D eigenvalue weighted by molar-refractivity contribution is 0.0519. The van der Waals surface area contributed by atoms with Crippen LogP contribution in [-0.2, 0) is 4.74 Å². The number of aromatic nitrogens is 1. The quantitative estimate of drug-likeness (QED) is 0.607. The molecule has 0 bridgehead atoms. The Morgan fingerprint density at radius 1 is 1.31 bits per heavy atom. The minimum absolute atomic E-state index is 0.0496. The highest BCUT2D eigenvalue weighted by Crippen LogP contribution is 2.29. The molecule has 0 aromatic carbocycles. The van der Waals surface area contributed by atoms with Gasteiger partial charge in [-0.05, 0) is 51.3 Å². The molecule has 2 heterocycles. The van der Waals surface area contributed by atoms with Crippen molar-refractivity contribution in [2.45, 2.75) is 39.7 Å². The Balaban J connectivity index is 1.82. The number of Topliss-reactive ketones (excluding diaryl/α,β-unsaturated/α-hetero) is 1. The number of hydrogen-bond acceptors (Lipinski definition) is 5. The molecule has 0 saturated heterocycles. The second kappa shape index (κ2) is 7.19. The summed E-state index contributed by atoms with van der Waals surface area (Å²) in [5.41, 5.74) is 1.86. The normalized spacial score (nSPS) is 13.5. The van der Waals surface area contributed by atoms with Crippen molar-refractivity contribution in [1.29, 1.82) is 0 Å². The SMILES string of the molecule is CCOC(=O)c1[nH]c(C)c(C(=O)CN(C(=O)c2ccco2)C2CC2)c1C. The summed E-state index contributed by atoms with van der Waals surface area (Å²) in [4.78, 5) is 42.0. The molecule has 1 fully saturated rings. The molecule has 2 aromatic rings. The highest BCUT2D eigenvalue weighted by molar-refractivity contribution is 6.05. The fourth-order valence-electron chi connectivity index (χ4n) is 3.10. The van der Waals surface area contributed by atoms with Crippen LogP contribution in [0.15, 0.2) is 22.8 Å². The number of carbonyl (C=O) groups excluding carboxylic acids is 3. The summed E-state index contributed by atoms with van der Waals surface area (Å²) in [5.74, 6) is -0.766. The Bertz CT molecular complexity index is 830. The predicted molar refractivity (Wildman–Crippen MR) is 93.3 cm³/mol. The molecular weight excluding hydrogens is 336 g/mol. The van der Waals surface area contributed by atoms with Crippen molar-refractivity contribution in [2.24, 2.45) is 0 Å². The van der Waals surface area contributed by atoms with Crippen LogP contribution in [0.25, 0.3) is 0 Å². The number of ether oxygens (including phenoxy) is 1. The molecule has 7 nitrogen and oxygen atoms in total. The van der Waals surface area contributed by atoms with Gasteiger partial charge in [-0.3, -0.25) is 9.59 Å². The lowest BCUT2D eigenvalue weighted by atomic mass is 10.0. The zero-order chi connectivity index (χ0) is 18.8. The summed E-state index contributed by atoms with van der Waals surface area (Å²) < 4.78 is 10.2. The van der Waals surface area contributed by atoms with Gasteiger partial charge in [-0.15, -0.1) is 0 Å². The van der Waals surface area contributed by atoms with E-state index in [2.05, 4.69) is 4.98 Å². The van der Waals surface area contributed by atoms with Gasteiger partial charge in [-0.25, -0.2) is 4.79 Å². The maximum Gasteiger partial charge on any atom is 0.355 e. The van der Waals surface area contributed by atoms with E-state index < -0.39 is 5.97 Å². The first-order valence-corrected chi connectivity index (χ1v) is 8.68. The van der Waals surface area contributed by atoms with Gasteiger partial charge in [0, 0.05) is 17.3 Å². The third-order valence-electron chi connectivity index (χ3n) is 4.49. The molecule has 1 N–H and O–H groups in total. The van der Waals surface area contributed by atoms with E-state index in [1.807, 2.05) is 0 Å². The lowest BCUT2D eigenvalue weighted by Gasteiger charge is -2.20. The van der Waals surface area contributed by atoms with Gasteiger partial charge in [-0.1, -0.05) is 0 Å². The van der Waals surface area contributed by atoms with Crippen LogP contribution in [0.3, 0.4) is 0 Å². The van der Waals surface area contributed by atoms with Gasteiger partial charge in [0.25, 0.3) is 5.91 Å². The molecule has 7 heteroatoms. The van der Waals surface area contributed by atoms with Crippen LogP contribution in [0.5, 0.6) is 0 Å². The molecule has 138 valence electrons. The number of amides is 1. The van der Waals surface area contributed by atoms with Crippen LogP contribution in [0.4, 0.5) is 0 Å². The first kappa shape index (κ1) is 18.0. The van der Waals surface area contributed by atoms with Gasteiger partial charge in [0.2, 0.25) is 0 Å². The average Bonchev–Trinajstić information content (AvgIpc) is 3.19. The highest BCUT2D eigenvalue weighted by Gasteiger charge is 2.36. The Morgan fingerprint density at radius 2 is 2.04 bits per heavy atom. The van der Waals surface area contributed by atoms with Gasteiger partial charge < -0.3 is 19.0 Å². The molecule has 1 aliphatic carbocycles. The molecule has 2 aromatic heterocycles. The Kier molecular flexibility index (Phi) is 4.97. The molecule has 26 heavy (non-hydrogen) atoms. The van der Waals surface area contributed by atoms with Crippen molar-refractivity contribution in [3.05, 3.63) is 46.7 Å². The smallest absolute Gasteiger partial charge is 0.355 e. The minimum Gasteiger partial charge on any atom is -0.461 e. The van der Waals surface area contributed by atoms with Crippen LogP contribution in [0.2, 0.25) is 0 Å². The summed E-state index contributed by atoms with van der Waals surface area (Å²) in [5, 5.41) is 0. The number of carbonyl (C=O) groups is 3. The Morgan fingerprint density at radius 3 is 2.62 bits per heavy atom. The summed E-state index contributed by atoms with van der Waals surface area (Å²) in [6.07, 6.45) is 3.18. The van der Waals surface area contributed by atoms with E-state index in [9.17, 15) is 14.4 Å². The van der Waals surface area contributed by atoms with Crippen LogP contribution in [-0.4, -0.2) is 46.7 Å². The summed E-state index contributed by atoms with van der Waals surface area (Å²) in [6, 6.07) is 3.29. The second-order valence-corrected chi connectivity index (χ2v) is 6.41. The second-order valence-electron chi connectivity index (χ2n) is 6.41. The largest absolute Gasteiger partial charge is 0.461 e. The maximum atomic E-state index is 12.9. The van der Waals surface area contributed by atoms with E-state index in [0.717, 1.165) is 12.8 Å². The molecule has 3 rings (SSSR count). The molecule has 1 amide bonds. The van der Waals surface area contributed by atoms with Crippen molar-refractivity contribution in [3.63, 3.8) is 0 Å². The molecule has 0 spiro atoms. The van der Waals surface area contributed by atoms with Crippen LogP contribution >= 0.6 is 0 Å². The minimum atomic E-state index is -0.488. The Hall–Kier alpha value is -2.83. The highest BCUT2D eigenvalue weighted by atomic mass is 16.5. The standard InChI is InChI=1S/C19H22N2O5/c1-4-25-19(24)17-11(2)16(12(3)20-17)14(22)10-21(13-7-8-13)18(23)15-6-5-9-26-15/h5-6,9,13,20H,4,7-8,10H2,1-3H3. The molecule has 1 saturated carbocycles. The van der Waals surface area contributed by atoms with E-state index in [1.165, 1.54) is 6.26 Å². The van der Waals surface area contributed by atoms with Crippen molar-refractivity contribution >= 4 is 17.7 Å². The fourth-order valence-corrected chi connectivity index (χ4v) is 3.10. The van der Waals surface area contributed by atoms with Crippen LogP contribution in [0.1, 0.15) is 62.4 Å². The third kappa shape index (κ3) is 3.42. The molecule has 0 atom stereocenters. The number of aromatic amines is 1. The first-order valence-electron chi connectivity index (χ1n) is 8.68. The summed E-state index contributed by atoms with van der Waals surface area (Å²) in [7, 11) is 0. The first-order chi connectivity index (χ1) is 12.4. The molecule has 0 radical (unpaired) electrons. The number of aryl methyl sites for hydroxylation is 1. The lowest BCUT2D eigenvalue weighted by Crippen LogP contribution is -2.37. The third-order valence-corrected chi connectivity index (χ3v) is 4.49. The van der Waals surface area contributed by atoms with Crippen molar-refractivity contribution < 1.29 is 23.5 Å². The topological polar surface area (TPSA) is 92.6 Å². The number of nitrogens with one attached hydrogen (secondary N) is 1. The zero-order valence-corrected chi connectivity index (χ0v) is 15.1. The van der Waals surface area contributed by atoms with Gasteiger partial charge in [-0.2, -0.15) is 0 Å². The molecule has 1 aliphatic rings. The number of furan rings is 1. The number of ketones is 1. The van der Waals surface area contributed by atoms with E-state index in [1.54, 1.807) is 37.8 Å². The zero-order valence-electron chi connectivity index (χ0n) is 15.1. The van der Waals surface area contributed by atoms with Gasteiger partial charge in [0.15, 0.2) is 11.5 Å². The maximum absolute atomic E-state index is 12.9. The van der Waals surface area contributed by atoms with Gasteiger partial charge >= 0.3 is 5.97 Å². The van der Waals surface area contributed by atoms with Gasteiger partial charge in [0.1, 0.15) is 5.69 Å². The molecule has 0 aliphatic heterocycles. The van der Waals surface area contributed by atoms with Crippen molar-refractivity contribution in [1.82, 2.24) is 9.88 Å². The number of rotatable bonds is 7. The summed E-state index contributed by atoms with van der Waals surface area (Å²) >= 11 is 0. The predicted octanol–water partition coefficient (Wildman–Crippen LogP) is 2.89. The van der Waals surface area contributed by atoms with E-state index in [0.29, 0.717) is 16.8 Å². The average molecular weight is 358 g/mol. The monoisotopic (exact) mass is 358 g/mol. The molecular formula is C19H22N2O5. The Labute approximate surface area is 151 Å². The van der Waals surface area contributed by atoms with Crippen molar-refractivity contribution in [2.75, 3.05) is 13.2 Å². The summed E-state index contributed by atoms with van der Waals surface area (Å²) in [6.45, 7) is 5.37. The number of hydrogen-bond donors (Lipinski definition) is 1. The fraction of sp³-hybridized carbons (Fsp3) is 0.421. The van der Waals surface area contributed by atoms with E-state index in [4.69, 9.17) is 9.15 Å². The van der Waals surface area contributed by atoms with E-state index in [-0.39, 0.29) is 42.3 Å². The molecule has 0 unspecified atom stereocenters. The number of esters is 1. The number of H-pyrrole nitrogens is 1.